The van der Waals surface area contributed by atoms with Gasteiger partial charge < -0.3 is 15.3 Å². The third-order valence-corrected chi connectivity index (χ3v) is 3.27. The highest BCUT2D eigenvalue weighted by atomic mass is 32.2. The largest absolute Gasteiger partial charge is 0.481 e. The second-order valence-corrected chi connectivity index (χ2v) is 4.74. The number of hydrogen-bond donors (Lipinski definition) is 2. The van der Waals surface area contributed by atoms with Gasteiger partial charge in [-0.25, -0.2) is 0 Å². The summed E-state index contributed by atoms with van der Waals surface area (Å²) in [6.45, 7) is 1.54. The van der Waals surface area contributed by atoms with Crippen LogP contribution in [0.2, 0.25) is 0 Å². The highest BCUT2D eigenvalue weighted by Crippen LogP contribution is 2.06. The molecule has 0 aliphatic carbocycles. The van der Waals surface area contributed by atoms with Gasteiger partial charge in [-0.1, -0.05) is 0 Å². The van der Waals surface area contributed by atoms with E-state index in [0.717, 1.165) is 37.7 Å². The molecule has 1 aliphatic rings. The summed E-state index contributed by atoms with van der Waals surface area (Å²) in [5.41, 5.74) is 0. The molecular formula is C10H16N2O4S. The van der Waals surface area contributed by atoms with Crippen LogP contribution in [0.25, 0.3) is 0 Å². The highest BCUT2D eigenvalue weighted by Gasteiger charge is 2.17. The van der Waals surface area contributed by atoms with Crippen molar-refractivity contribution >= 4 is 29.5 Å². The first kappa shape index (κ1) is 13.8. The first-order chi connectivity index (χ1) is 8.09. The Morgan fingerprint density at radius 2 is 1.82 bits per heavy atom. The molecular weight excluding hydrogens is 244 g/mol. The van der Waals surface area contributed by atoms with Gasteiger partial charge in [0.1, 0.15) is 0 Å². The van der Waals surface area contributed by atoms with Gasteiger partial charge in [-0.05, 0) is 12.8 Å². The van der Waals surface area contributed by atoms with Crippen LogP contribution in [0.1, 0.15) is 12.8 Å². The monoisotopic (exact) mass is 260 g/mol. The Hall–Kier alpha value is -1.24. The van der Waals surface area contributed by atoms with Gasteiger partial charge in [0.2, 0.25) is 11.8 Å². The standard InChI is InChI=1S/C10H16N2O4S/c13-8(6-17-7-10(15)16)11-5-9(14)12-3-1-2-4-12/h1-7H2,(H,11,13)(H,15,16). The third-order valence-electron chi connectivity index (χ3n) is 2.35. The molecule has 1 rings (SSSR count). The number of carbonyl (C=O) groups excluding carboxylic acids is 2. The summed E-state index contributed by atoms with van der Waals surface area (Å²) in [5, 5.41) is 10.9. The van der Waals surface area contributed by atoms with Crippen LogP contribution in [0.4, 0.5) is 0 Å². The van der Waals surface area contributed by atoms with Gasteiger partial charge in [0.05, 0.1) is 18.1 Å². The van der Waals surface area contributed by atoms with Crippen LogP contribution in [0, 0.1) is 0 Å². The van der Waals surface area contributed by atoms with E-state index in [0.29, 0.717) is 0 Å². The van der Waals surface area contributed by atoms with Crippen molar-refractivity contribution in [2.24, 2.45) is 0 Å². The molecule has 0 saturated carbocycles. The van der Waals surface area contributed by atoms with Crippen molar-refractivity contribution in [3.8, 4) is 0 Å². The molecule has 1 heterocycles. The first-order valence-electron chi connectivity index (χ1n) is 5.43. The maximum atomic E-state index is 11.5. The van der Waals surface area contributed by atoms with Crippen LogP contribution in [-0.4, -0.2) is 58.9 Å². The molecule has 0 bridgehead atoms. The molecule has 1 saturated heterocycles. The van der Waals surface area contributed by atoms with Crippen molar-refractivity contribution in [3.63, 3.8) is 0 Å². The second kappa shape index (κ2) is 7.16. The van der Waals surface area contributed by atoms with Gasteiger partial charge in [-0.3, -0.25) is 14.4 Å². The summed E-state index contributed by atoms with van der Waals surface area (Å²) in [7, 11) is 0. The van der Waals surface area contributed by atoms with Gasteiger partial charge in [0, 0.05) is 13.1 Å². The Balaban J connectivity index is 2.10. The number of likely N-dealkylation sites (tertiary alicyclic amines) is 1. The van der Waals surface area contributed by atoms with E-state index in [-0.39, 0.29) is 29.9 Å². The summed E-state index contributed by atoms with van der Waals surface area (Å²) < 4.78 is 0. The average Bonchev–Trinajstić information content (AvgIpc) is 2.78. The van der Waals surface area contributed by atoms with E-state index < -0.39 is 5.97 Å². The summed E-state index contributed by atoms with van der Waals surface area (Å²) >= 11 is 1.02. The van der Waals surface area contributed by atoms with E-state index in [2.05, 4.69) is 5.32 Å². The molecule has 2 amide bonds. The lowest BCUT2D eigenvalue weighted by atomic mass is 10.4. The van der Waals surface area contributed by atoms with Gasteiger partial charge >= 0.3 is 5.97 Å². The minimum atomic E-state index is -0.948. The van der Waals surface area contributed by atoms with Gasteiger partial charge in [0.15, 0.2) is 0 Å². The number of carbonyl (C=O) groups is 3. The predicted octanol–water partition coefficient (Wildman–Crippen LogP) is -0.457. The fraction of sp³-hybridized carbons (Fsp3) is 0.700. The number of rotatable bonds is 6. The van der Waals surface area contributed by atoms with Crippen molar-refractivity contribution in [1.29, 1.82) is 0 Å². The van der Waals surface area contributed by atoms with E-state index in [4.69, 9.17) is 5.11 Å². The number of nitrogens with one attached hydrogen (secondary N) is 1. The average molecular weight is 260 g/mol. The molecule has 17 heavy (non-hydrogen) atoms. The van der Waals surface area contributed by atoms with E-state index in [1.165, 1.54) is 0 Å². The number of amides is 2. The first-order valence-corrected chi connectivity index (χ1v) is 6.59. The Bertz CT molecular complexity index is 303. The predicted molar refractivity (Wildman–Crippen MR) is 63.8 cm³/mol. The lowest BCUT2D eigenvalue weighted by Crippen LogP contribution is -2.39. The second-order valence-electron chi connectivity index (χ2n) is 3.75. The minimum Gasteiger partial charge on any atom is -0.481 e. The molecule has 0 atom stereocenters. The summed E-state index contributed by atoms with van der Waals surface area (Å²) in [4.78, 5) is 34.7. The molecule has 0 aromatic heterocycles. The maximum absolute atomic E-state index is 11.5. The van der Waals surface area contributed by atoms with Crippen LogP contribution in [0.5, 0.6) is 0 Å². The zero-order chi connectivity index (χ0) is 12.7. The number of carboxylic acids is 1. The zero-order valence-electron chi connectivity index (χ0n) is 9.48. The van der Waals surface area contributed by atoms with Crippen molar-refractivity contribution in [2.45, 2.75) is 12.8 Å². The van der Waals surface area contributed by atoms with Gasteiger partial charge in [-0.2, -0.15) is 0 Å². The van der Waals surface area contributed by atoms with Crippen LogP contribution in [-0.2, 0) is 14.4 Å². The molecule has 96 valence electrons. The van der Waals surface area contributed by atoms with E-state index in [1.54, 1.807) is 4.90 Å². The van der Waals surface area contributed by atoms with Crippen molar-refractivity contribution in [1.82, 2.24) is 10.2 Å². The fourth-order valence-electron chi connectivity index (χ4n) is 1.53. The lowest BCUT2D eigenvalue weighted by molar-refractivity contribution is -0.134. The molecule has 0 aromatic carbocycles. The topological polar surface area (TPSA) is 86.7 Å². The number of nitrogens with zero attached hydrogens (tertiary/aromatic N) is 1. The Kier molecular flexibility index (Phi) is 5.82. The minimum absolute atomic E-state index is 0.00641. The maximum Gasteiger partial charge on any atom is 0.313 e. The number of carboxylic acid groups (broad SMARTS) is 1. The molecule has 0 unspecified atom stereocenters. The van der Waals surface area contributed by atoms with Crippen molar-refractivity contribution < 1.29 is 19.5 Å². The Morgan fingerprint density at radius 1 is 1.18 bits per heavy atom. The smallest absolute Gasteiger partial charge is 0.313 e. The molecule has 1 fully saturated rings. The van der Waals surface area contributed by atoms with Crippen LogP contribution < -0.4 is 5.32 Å². The lowest BCUT2D eigenvalue weighted by Gasteiger charge is -2.15. The number of aliphatic carboxylic acids is 1. The molecule has 0 aromatic rings. The number of hydrogen-bond acceptors (Lipinski definition) is 4. The molecule has 7 heteroatoms. The van der Waals surface area contributed by atoms with Crippen molar-refractivity contribution in [2.75, 3.05) is 31.1 Å². The zero-order valence-corrected chi connectivity index (χ0v) is 10.3. The molecule has 0 spiro atoms. The Morgan fingerprint density at radius 3 is 2.41 bits per heavy atom. The van der Waals surface area contributed by atoms with E-state index >= 15 is 0 Å². The van der Waals surface area contributed by atoms with Gasteiger partial charge in [0.25, 0.3) is 0 Å². The number of thioether (sulfide) groups is 1. The van der Waals surface area contributed by atoms with Crippen LogP contribution >= 0.6 is 11.8 Å². The van der Waals surface area contributed by atoms with Crippen LogP contribution in [0.15, 0.2) is 0 Å². The summed E-state index contributed by atoms with van der Waals surface area (Å²) in [5.74, 6) is -1.36. The normalized spacial score (nSPS) is 14.7. The summed E-state index contributed by atoms with van der Waals surface area (Å²) in [6, 6.07) is 0. The SMILES string of the molecule is O=C(O)CSCC(=O)NCC(=O)N1CCCC1. The molecule has 6 nitrogen and oxygen atoms in total. The molecule has 2 N–H and O–H groups in total. The van der Waals surface area contributed by atoms with Gasteiger partial charge in [-0.15, -0.1) is 11.8 Å². The fourth-order valence-corrected chi connectivity index (χ4v) is 2.10. The Labute approximate surface area is 104 Å². The highest BCUT2D eigenvalue weighted by molar-refractivity contribution is 8.00. The van der Waals surface area contributed by atoms with E-state index in [9.17, 15) is 14.4 Å². The molecule has 1 aliphatic heterocycles. The van der Waals surface area contributed by atoms with Crippen molar-refractivity contribution in [3.05, 3.63) is 0 Å². The molecule has 0 radical (unpaired) electrons. The third kappa shape index (κ3) is 5.58. The van der Waals surface area contributed by atoms with E-state index in [1.807, 2.05) is 0 Å². The summed E-state index contributed by atoms with van der Waals surface area (Å²) in [6.07, 6.45) is 2.04. The quantitative estimate of drug-likeness (QED) is 0.675. The van der Waals surface area contributed by atoms with Crippen LogP contribution in [0.3, 0.4) is 0 Å².